The zero-order chi connectivity index (χ0) is 8.43. The van der Waals surface area contributed by atoms with Gasteiger partial charge in [0.2, 0.25) is 0 Å². The summed E-state index contributed by atoms with van der Waals surface area (Å²) in [6, 6.07) is 1.29. The van der Waals surface area contributed by atoms with Crippen LogP contribution in [0.5, 0.6) is 0 Å². The maximum absolute atomic E-state index is 10.8. The molecule has 1 aromatic rings. The highest BCUT2D eigenvalue weighted by atomic mass is 35.5. The first-order chi connectivity index (χ1) is 5.15. The Morgan fingerprint density at radius 3 is 2.91 bits per heavy atom. The molecule has 0 aliphatic heterocycles. The Morgan fingerprint density at radius 1 is 1.73 bits per heavy atom. The van der Waals surface area contributed by atoms with Crippen LogP contribution in [0.3, 0.4) is 0 Å². The first-order valence-electron chi connectivity index (χ1n) is 2.92. The van der Waals surface area contributed by atoms with Gasteiger partial charge >= 0.3 is 0 Å². The van der Waals surface area contributed by atoms with E-state index in [9.17, 15) is 4.79 Å². The summed E-state index contributed by atoms with van der Waals surface area (Å²) in [5, 5.41) is 1.04. The van der Waals surface area contributed by atoms with E-state index in [4.69, 9.17) is 11.6 Å². The van der Waals surface area contributed by atoms with Gasteiger partial charge < -0.3 is 4.57 Å². The molecule has 0 radical (unpaired) electrons. The van der Waals surface area contributed by atoms with E-state index >= 15 is 0 Å². The number of halogens is 1. The molecule has 11 heavy (non-hydrogen) atoms. The van der Waals surface area contributed by atoms with Gasteiger partial charge in [0.05, 0.1) is 0 Å². The molecule has 0 N–H and O–H groups in total. The summed E-state index contributed by atoms with van der Waals surface area (Å²) in [6.07, 6.45) is 1.85. The van der Waals surface area contributed by atoms with Crippen LogP contribution in [0.4, 0.5) is 0 Å². The first kappa shape index (κ1) is 8.62. The molecule has 0 aromatic carbocycles. The van der Waals surface area contributed by atoms with E-state index in [0.29, 0.717) is 10.3 Å². The van der Waals surface area contributed by atoms with Gasteiger partial charge in [-0.2, -0.15) is 4.98 Å². The largest absolute Gasteiger partial charge is 0.314 e. The summed E-state index contributed by atoms with van der Waals surface area (Å²) < 4.78 is 1.66. The number of hydrogen-bond donors (Lipinski definition) is 0. The number of nitrogens with zero attached hydrogens (tertiary/aromatic N) is 2. The molecule has 0 aliphatic rings. The molecule has 1 heterocycles. The normalized spacial score (nSPS) is 10.1. The first-order valence-corrected chi connectivity index (χ1v) is 4.53. The van der Waals surface area contributed by atoms with Crippen LogP contribution in [0.1, 0.15) is 0 Å². The lowest BCUT2D eigenvalue weighted by Gasteiger charge is -2.04. The van der Waals surface area contributed by atoms with Crippen LogP contribution in [0, 0.1) is 0 Å². The van der Waals surface area contributed by atoms with Gasteiger partial charge in [0.25, 0.3) is 5.56 Å². The van der Waals surface area contributed by atoms with Gasteiger partial charge in [-0.05, 0) is 6.26 Å². The van der Waals surface area contributed by atoms with Crippen molar-refractivity contribution in [3.8, 4) is 0 Å². The highest BCUT2D eigenvalue weighted by Crippen LogP contribution is 2.12. The molecule has 5 heteroatoms. The van der Waals surface area contributed by atoms with Gasteiger partial charge in [-0.3, -0.25) is 4.79 Å². The molecular weight excluding hydrogens is 184 g/mol. The number of aromatic nitrogens is 2. The maximum atomic E-state index is 10.8. The molecule has 60 valence electrons. The van der Waals surface area contributed by atoms with Crippen molar-refractivity contribution in [1.29, 1.82) is 0 Å². The van der Waals surface area contributed by atoms with E-state index in [1.807, 2.05) is 6.26 Å². The van der Waals surface area contributed by atoms with Crippen LogP contribution in [-0.2, 0) is 7.05 Å². The number of thioether (sulfide) groups is 1. The Labute approximate surface area is 73.4 Å². The Morgan fingerprint density at radius 2 is 2.36 bits per heavy atom. The zero-order valence-corrected chi connectivity index (χ0v) is 7.74. The summed E-state index contributed by atoms with van der Waals surface area (Å²) in [6.45, 7) is 0. The lowest BCUT2D eigenvalue weighted by atomic mass is 10.6. The van der Waals surface area contributed by atoms with Crippen molar-refractivity contribution < 1.29 is 0 Å². The molecule has 0 saturated heterocycles. The third-order valence-electron chi connectivity index (χ3n) is 1.24. The second kappa shape index (κ2) is 3.28. The molecule has 0 spiro atoms. The molecular formula is C6H7ClN2OS. The molecule has 0 amide bonds. The quantitative estimate of drug-likeness (QED) is 0.379. The minimum Gasteiger partial charge on any atom is -0.314 e. The second-order valence-corrected chi connectivity index (χ2v) is 3.12. The molecule has 0 aliphatic carbocycles. The monoisotopic (exact) mass is 190 g/mol. The Bertz CT molecular complexity index is 323. The van der Waals surface area contributed by atoms with E-state index < -0.39 is 0 Å². The fourth-order valence-electron chi connectivity index (χ4n) is 0.674. The van der Waals surface area contributed by atoms with E-state index in [1.54, 1.807) is 11.6 Å². The van der Waals surface area contributed by atoms with Crippen molar-refractivity contribution >= 4 is 23.4 Å². The van der Waals surface area contributed by atoms with Gasteiger partial charge in [0, 0.05) is 13.1 Å². The van der Waals surface area contributed by atoms with E-state index in [2.05, 4.69) is 4.98 Å². The minimum atomic E-state index is -0.294. The highest BCUT2D eigenvalue weighted by Gasteiger charge is 2.01. The minimum absolute atomic E-state index is 0.294. The Balaban J connectivity index is 3.36. The van der Waals surface area contributed by atoms with Crippen LogP contribution >= 0.6 is 23.4 Å². The van der Waals surface area contributed by atoms with Gasteiger partial charge in [-0.25, -0.2) is 0 Å². The molecule has 1 rings (SSSR count). The molecule has 0 unspecified atom stereocenters. The summed E-state index contributed by atoms with van der Waals surface area (Å²) in [5.74, 6) is 0. The maximum Gasteiger partial charge on any atom is 0.275 e. The molecule has 0 atom stereocenters. The predicted octanol–water partition coefficient (Wildman–Crippen LogP) is 1.16. The topological polar surface area (TPSA) is 34.9 Å². The van der Waals surface area contributed by atoms with E-state index in [1.165, 1.54) is 17.8 Å². The van der Waals surface area contributed by atoms with Gasteiger partial charge in [-0.1, -0.05) is 23.4 Å². The average molecular weight is 191 g/mol. The second-order valence-electron chi connectivity index (χ2n) is 1.96. The summed E-state index contributed by atoms with van der Waals surface area (Å²) >= 11 is 7.10. The molecule has 1 aromatic heterocycles. The van der Waals surface area contributed by atoms with Crippen molar-refractivity contribution in [3.63, 3.8) is 0 Å². The summed E-state index contributed by atoms with van der Waals surface area (Å²) in [7, 11) is 1.76. The molecule has 0 bridgehead atoms. The molecule has 3 nitrogen and oxygen atoms in total. The Hall–Kier alpha value is -0.480. The fourth-order valence-corrected chi connectivity index (χ4v) is 1.45. The summed E-state index contributed by atoms with van der Waals surface area (Å²) in [4.78, 5) is 14.5. The van der Waals surface area contributed by atoms with Crippen molar-refractivity contribution in [2.75, 3.05) is 6.26 Å². The fraction of sp³-hybridized carbons (Fsp3) is 0.333. The van der Waals surface area contributed by atoms with Crippen molar-refractivity contribution in [2.45, 2.75) is 5.16 Å². The number of hydrogen-bond acceptors (Lipinski definition) is 3. The standard InChI is InChI=1S/C6H7ClN2OS/c1-9-4(7)3-5(10)8-6(9)11-2/h3H,1-2H3. The van der Waals surface area contributed by atoms with E-state index in [-0.39, 0.29) is 5.56 Å². The Kier molecular flexibility index (Phi) is 2.57. The van der Waals surface area contributed by atoms with Crippen LogP contribution in [0.15, 0.2) is 16.0 Å². The van der Waals surface area contributed by atoms with Crippen LogP contribution in [-0.4, -0.2) is 15.8 Å². The van der Waals surface area contributed by atoms with Gasteiger partial charge in [0.1, 0.15) is 5.15 Å². The SMILES string of the molecule is CSc1nc(=O)cc(Cl)n1C. The van der Waals surface area contributed by atoms with E-state index in [0.717, 1.165) is 0 Å². The zero-order valence-electron chi connectivity index (χ0n) is 6.17. The van der Waals surface area contributed by atoms with Crippen LogP contribution < -0.4 is 5.56 Å². The predicted molar refractivity (Wildman–Crippen MR) is 46.3 cm³/mol. The van der Waals surface area contributed by atoms with Crippen LogP contribution in [0.25, 0.3) is 0 Å². The van der Waals surface area contributed by atoms with Crippen LogP contribution in [0.2, 0.25) is 5.15 Å². The molecule has 0 saturated carbocycles. The third kappa shape index (κ3) is 1.75. The molecule has 0 fully saturated rings. The van der Waals surface area contributed by atoms with Gasteiger partial charge in [0.15, 0.2) is 5.16 Å². The highest BCUT2D eigenvalue weighted by molar-refractivity contribution is 7.98. The lowest BCUT2D eigenvalue weighted by molar-refractivity contribution is 0.729. The third-order valence-corrected chi connectivity index (χ3v) is 2.33. The van der Waals surface area contributed by atoms with Crippen molar-refractivity contribution in [2.24, 2.45) is 7.05 Å². The van der Waals surface area contributed by atoms with Crippen molar-refractivity contribution in [1.82, 2.24) is 9.55 Å². The number of rotatable bonds is 1. The van der Waals surface area contributed by atoms with Crippen molar-refractivity contribution in [3.05, 3.63) is 21.6 Å². The van der Waals surface area contributed by atoms with Gasteiger partial charge in [-0.15, -0.1) is 0 Å². The summed E-state index contributed by atoms with van der Waals surface area (Å²) in [5.41, 5.74) is -0.294. The smallest absolute Gasteiger partial charge is 0.275 e. The average Bonchev–Trinajstić information content (AvgIpc) is 1.96. The lowest BCUT2D eigenvalue weighted by Crippen LogP contribution is -2.11.